The summed E-state index contributed by atoms with van der Waals surface area (Å²) in [4.78, 5) is 43.5. The summed E-state index contributed by atoms with van der Waals surface area (Å²) in [6, 6.07) is 25.9. The number of hydrogen-bond donors (Lipinski definition) is 1. The van der Waals surface area contributed by atoms with Gasteiger partial charge in [-0.1, -0.05) is 66.7 Å². The van der Waals surface area contributed by atoms with Crippen molar-refractivity contribution in [1.29, 1.82) is 0 Å². The third kappa shape index (κ3) is 3.92. The average molecular weight is 436 g/mol. The van der Waals surface area contributed by atoms with E-state index >= 15 is 0 Å². The van der Waals surface area contributed by atoms with E-state index < -0.39 is 11.2 Å². The Morgan fingerprint density at radius 1 is 0.818 bits per heavy atom. The summed E-state index contributed by atoms with van der Waals surface area (Å²) < 4.78 is 2.42. The van der Waals surface area contributed by atoms with Gasteiger partial charge in [-0.05, 0) is 29.1 Å². The molecule has 0 bridgehead atoms. The van der Waals surface area contributed by atoms with Crippen molar-refractivity contribution in [2.45, 2.75) is 13.1 Å². The lowest BCUT2D eigenvalue weighted by molar-refractivity contribution is -0.116. The molecule has 0 atom stereocenters. The summed E-state index contributed by atoms with van der Waals surface area (Å²) in [6.07, 6.45) is 1.50. The molecule has 1 amide bonds. The van der Waals surface area contributed by atoms with E-state index in [-0.39, 0.29) is 24.5 Å². The van der Waals surface area contributed by atoms with E-state index in [4.69, 9.17) is 0 Å². The number of benzene rings is 3. The molecule has 1 N–H and O–H groups in total. The molecule has 0 saturated heterocycles. The first-order chi connectivity index (χ1) is 16.1. The topological polar surface area (TPSA) is 86.0 Å². The first kappa shape index (κ1) is 20.4. The van der Waals surface area contributed by atoms with Gasteiger partial charge in [0.05, 0.1) is 12.1 Å². The molecule has 0 radical (unpaired) electrons. The molecule has 3 aromatic carbocycles. The molecule has 0 aliphatic rings. The second kappa shape index (κ2) is 8.55. The number of carbonyl (C=O) groups excluding carboxylic acids is 1. The van der Waals surface area contributed by atoms with E-state index in [1.54, 1.807) is 12.1 Å². The van der Waals surface area contributed by atoms with Crippen LogP contribution in [-0.2, 0) is 17.9 Å². The molecule has 162 valence electrons. The minimum Gasteiger partial charge on any atom is -0.324 e. The highest BCUT2D eigenvalue weighted by atomic mass is 16.2. The predicted molar refractivity (Wildman–Crippen MR) is 128 cm³/mol. The zero-order chi connectivity index (χ0) is 22.8. The summed E-state index contributed by atoms with van der Waals surface area (Å²) in [5.41, 5.74) is 0.892. The Hall–Kier alpha value is -4.52. The minimum atomic E-state index is -0.558. The Kier molecular flexibility index (Phi) is 5.28. The number of pyridine rings is 1. The second-order valence-corrected chi connectivity index (χ2v) is 7.69. The Labute approximate surface area is 188 Å². The van der Waals surface area contributed by atoms with Crippen LogP contribution in [0.1, 0.15) is 5.56 Å². The molecule has 2 aromatic heterocycles. The molecule has 7 heteroatoms. The van der Waals surface area contributed by atoms with Crippen LogP contribution in [0.2, 0.25) is 0 Å². The normalized spacial score (nSPS) is 11.0. The zero-order valence-electron chi connectivity index (χ0n) is 17.6. The molecule has 7 nitrogen and oxygen atoms in total. The van der Waals surface area contributed by atoms with Crippen LogP contribution in [0.25, 0.3) is 21.8 Å². The van der Waals surface area contributed by atoms with Crippen molar-refractivity contribution in [3.63, 3.8) is 0 Å². The van der Waals surface area contributed by atoms with Crippen molar-refractivity contribution in [2.24, 2.45) is 0 Å². The molecule has 5 rings (SSSR count). The standard InChI is InChI=1S/C26H20N4O3/c31-23(28-21-13-6-11-19-10-4-5-12-20(19)21)17-29-22-14-7-15-27-24(22)25(32)30(26(29)33)16-18-8-2-1-3-9-18/h1-15H,16-17H2,(H,28,31). The van der Waals surface area contributed by atoms with E-state index in [0.29, 0.717) is 11.2 Å². The van der Waals surface area contributed by atoms with Crippen molar-refractivity contribution in [3.05, 3.63) is 118 Å². The number of nitrogens with zero attached hydrogens (tertiary/aromatic N) is 3. The fourth-order valence-electron chi connectivity index (χ4n) is 3.97. The van der Waals surface area contributed by atoms with Gasteiger partial charge in [0.1, 0.15) is 6.54 Å². The van der Waals surface area contributed by atoms with Crippen molar-refractivity contribution in [2.75, 3.05) is 5.32 Å². The molecule has 0 unspecified atom stereocenters. The first-order valence-electron chi connectivity index (χ1n) is 10.5. The maximum Gasteiger partial charge on any atom is 0.332 e. The Morgan fingerprint density at radius 3 is 2.42 bits per heavy atom. The number of rotatable bonds is 5. The minimum absolute atomic E-state index is 0.0932. The number of hydrogen-bond acceptors (Lipinski definition) is 4. The van der Waals surface area contributed by atoms with Gasteiger partial charge < -0.3 is 5.32 Å². The van der Waals surface area contributed by atoms with Crippen molar-refractivity contribution in [3.8, 4) is 0 Å². The van der Waals surface area contributed by atoms with Gasteiger partial charge in [-0.15, -0.1) is 0 Å². The second-order valence-electron chi connectivity index (χ2n) is 7.69. The molecule has 0 saturated carbocycles. The van der Waals surface area contributed by atoms with E-state index in [1.165, 1.54) is 10.8 Å². The molecule has 33 heavy (non-hydrogen) atoms. The summed E-state index contributed by atoms with van der Waals surface area (Å²) in [6.45, 7) is -0.157. The molecule has 0 aliphatic carbocycles. The molecule has 2 heterocycles. The van der Waals surface area contributed by atoms with E-state index in [9.17, 15) is 14.4 Å². The molecular formula is C26H20N4O3. The van der Waals surface area contributed by atoms with Crippen molar-refractivity contribution in [1.82, 2.24) is 14.1 Å². The molecular weight excluding hydrogens is 416 g/mol. The lowest BCUT2D eigenvalue weighted by Gasteiger charge is -2.14. The number of fused-ring (bicyclic) bond motifs is 2. The first-order valence-corrected chi connectivity index (χ1v) is 10.5. The van der Waals surface area contributed by atoms with Gasteiger partial charge in [0.2, 0.25) is 5.91 Å². The van der Waals surface area contributed by atoms with Gasteiger partial charge in [0.15, 0.2) is 5.52 Å². The highest BCUT2D eigenvalue weighted by molar-refractivity contribution is 6.02. The SMILES string of the molecule is O=C(Cn1c(=O)n(Cc2ccccc2)c(=O)c2ncccc21)Nc1cccc2ccccc12. The Balaban J connectivity index is 1.55. The van der Waals surface area contributed by atoms with E-state index in [2.05, 4.69) is 10.3 Å². The van der Waals surface area contributed by atoms with Crippen molar-refractivity contribution < 1.29 is 4.79 Å². The molecule has 0 aliphatic heterocycles. The van der Waals surface area contributed by atoms with Crippen LogP contribution < -0.4 is 16.6 Å². The van der Waals surface area contributed by atoms with Gasteiger partial charge in [-0.25, -0.2) is 9.78 Å². The van der Waals surface area contributed by atoms with Crippen LogP contribution in [-0.4, -0.2) is 20.0 Å². The van der Waals surface area contributed by atoms with Gasteiger partial charge in [-0.2, -0.15) is 0 Å². The third-order valence-corrected chi connectivity index (χ3v) is 5.54. The number of anilines is 1. The van der Waals surface area contributed by atoms with Crippen LogP contribution in [0, 0.1) is 0 Å². The quantitative estimate of drug-likeness (QED) is 0.458. The summed E-state index contributed by atoms with van der Waals surface area (Å²) in [5.74, 6) is -0.372. The summed E-state index contributed by atoms with van der Waals surface area (Å²) >= 11 is 0. The largest absolute Gasteiger partial charge is 0.332 e. The average Bonchev–Trinajstić information content (AvgIpc) is 2.85. The highest BCUT2D eigenvalue weighted by Gasteiger charge is 2.17. The van der Waals surface area contributed by atoms with Gasteiger partial charge in [-0.3, -0.25) is 18.7 Å². The number of amides is 1. The molecule has 5 aromatic rings. The van der Waals surface area contributed by atoms with Crippen LogP contribution in [0.5, 0.6) is 0 Å². The van der Waals surface area contributed by atoms with Gasteiger partial charge in [0, 0.05) is 17.3 Å². The van der Waals surface area contributed by atoms with E-state index in [0.717, 1.165) is 20.9 Å². The lowest BCUT2D eigenvalue weighted by atomic mass is 10.1. The van der Waals surface area contributed by atoms with E-state index in [1.807, 2.05) is 72.8 Å². The van der Waals surface area contributed by atoms with Crippen molar-refractivity contribution >= 4 is 33.4 Å². The molecule has 0 spiro atoms. The van der Waals surface area contributed by atoms with Gasteiger partial charge in [0.25, 0.3) is 5.56 Å². The maximum atomic E-state index is 13.3. The monoisotopic (exact) mass is 436 g/mol. The molecule has 0 fully saturated rings. The maximum absolute atomic E-state index is 13.3. The fraction of sp³-hybridized carbons (Fsp3) is 0.0769. The lowest BCUT2D eigenvalue weighted by Crippen LogP contribution is -2.42. The van der Waals surface area contributed by atoms with Crippen LogP contribution in [0.3, 0.4) is 0 Å². The predicted octanol–water partition coefficient (Wildman–Crippen LogP) is 3.40. The Morgan fingerprint density at radius 2 is 1.58 bits per heavy atom. The fourth-order valence-corrected chi connectivity index (χ4v) is 3.97. The van der Waals surface area contributed by atoms with Crippen LogP contribution in [0.4, 0.5) is 5.69 Å². The number of aromatic nitrogens is 3. The zero-order valence-corrected chi connectivity index (χ0v) is 17.6. The summed E-state index contributed by atoms with van der Waals surface area (Å²) in [7, 11) is 0. The van der Waals surface area contributed by atoms with Crippen LogP contribution in [0.15, 0.2) is 101 Å². The van der Waals surface area contributed by atoms with Gasteiger partial charge >= 0.3 is 5.69 Å². The third-order valence-electron chi connectivity index (χ3n) is 5.54. The smallest absolute Gasteiger partial charge is 0.324 e. The summed E-state index contributed by atoms with van der Waals surface area (Å²) in [5, 5.41) is 4.81. The number of carbonyl (C=O) groups is 1. The van der Waals surface area contributed by atoms with Crippen LogP contribution >= 0.6 is 0 Å². The highest BCUT2D eigenvalue weighted by Crippen LogP contribution is 2.23. The number of nitrogens with one attached hydrogen (secondary N) is 1. The Bertz CT molecular complexity index is 1600.